The van der Waals surface area contributed by atoms with Gasteiger partial charge in [0, 0.05) is 19.5 Å². The Bertz CT molecular complexity index is 38.5. The van der Waals surface area contributed by atoms with Crippen molar-refractivity contribution in [3.63, 3.8) is 0 Å². The SMILES string of the molecule is CC[CH-]CCCC.[CH2-]CC.[CH2-]CC.[Zn]. The van der Waals surface area contributed by atoms with Gasteiger partial charge in [0.1, 0.15) is 0 Å². The molecule has 0 aromatic heterocycles. The second kappa shape index (κ2) is 37.4. The maximum Gasteiger partial charge on any atom is 0 e. The summed E-state index contributed by atoms with van der Waals surface area (Å²) in [5.74, 6) is 0. The van der Waals surface area contributed by atoms with Crippen LogP contribution in [0.25, 0.3) is 0 Å². The van der Waals surface area contributed by atoms with Gasteiger partial charge in [-0.15, -0.1) is 0 Å². The second-order valence-corrected chi connectivity index (χ2v) is 2.84. The van der Waals surface area contributed by atoms with E-state index in [1.807, 2.05) is 13.8 Å². The molecule has 0 aromatic carbocycles. The van der Waals surface area contributed by atoms with Crippen LogP contribution in [-0.4, -0.2) is 0 Å². The molecule has 0 bridgehead atoms. The Morgan fingerprint density at radius 3 is 1.50 bits per heavy atom. The summed E-state index contributed by atoms with van der Waals surface area (Å²) < 4.78 is 0. The van der Waals surface area contributed by atoms with Crippen molar-refractivity contribution in [2.45, 2.75) is 66.2 Å². The molecule has 0 amide bonds. The summed E-state index contributed by atoms with van der Waals surface area (Å²) in [6.45, 7) is 15.4. The van der Waals surface area contributed by atoms with Crippen molar-refractivity contribution in [3.8, 4) is 0 Å². The normalized spacial score (nSPS) is 7.29. The summed E-state index contributed by atoms with van der Waals surface area (Å²) >= 11 is 0. The zero-order valence-electron chi connectivity index (χ0n) is 10.9. The third kappa shape index (κ3) is 79.8. The fraction of sp³-hybridized carbons (Fsp3) is 0.769. The zero-order chi connectivity index (χ0) is 10.9. The van der Waals surface area contributed by atoms with Crippen LogP contribution in [0.5, 0.6) is 0 Å². The molecule has 14 heavy (non-hydrogen) atoms. The molecule has 86 valence electrons. The molecule has 0 aliphatic rings. The van der Waals surface area contributed by atoms with Gasteiger partial charge in [-0.05, 0) is 0 Å². The smallest absolute Gasteiger partial charge is 0 e. The van der Waals surface area contributed by atoms with Gasteiger partial charge in [-0.1, -0.05) is 40.5 Å². The van der Waals surface area contributed by atoms with E-state index in [4.69, 9.17) is 0 Å². The van der Waals surface area contributed by atoms with Crippen LogP contribution in [0.2, 0.25) is 0 Å². The predicted octanol–water partition coefficient (Wildman–Crippen LogP) is 5.25. The van der Waals surface area contributed by atoms with E-state index in [1.54, 1.807) is 0 Å². The number of hydrogen-bond acceptors (Lipinski definition) is 0. The van der Waals surface area contributed by atoms with Gasteiger partial charge in [-0.3, -0.25) is 0 Å². The van der Waals surface area contributed by atoms with Gasteiger partial charge in [0.15, 0.2) is 0 Å². The monoisotopic (exact) mass is 249 g/mol. The molecule has 0 unspecified atom stereocenters. The molecule has 0 saturated heterocycles. The molecular formula is C13H29Zn-3. The molecule has 0 atom stereocenters. The number of rotatable bonds is 4. The molecule has 0 aliphatic carbocycles. The van der Waals surface area contributed by atoms with Gasteiger partial charge in [0.2, 0.25) is 0 Å². The van der Waals surface area contributed by atoms with Crippen molar-refractivity contribution < 1.29 is 19.5 Å². The quantitative estimate of drug-likeness (QED) is 0.363. The third-order valence-corrected chi connectivity index (χ3v) is 1.05. The third-order valence-electron chi connectivity index (χ3n) is 1.05. The van der Waals surface area contributed by atoms with E-state index in [2.05, 4.69) is 34.1 Å². The summed E-state index contributed by atoms with van der Waals surface area (Å²) in [6, 6.07) is 0. The Balaban J connectivity index is -0.0000000610. The first kappa shape index (κ1) is 24.0. The van der Waals surface area contributed by atoms with E-state index in [-0.39, 0.29) is 19.5 Å². The van der Waals surface area contributed by atoms with Gasteiger partial charge in [-0.2, -0.15) is 25.7 Å². The molecule has 0 heterocycles. The van der Waals surface area contributed by atoms with E-state index < -0.39 is 0 Å². The Kier molecular flexibility index (Phi) is 64.2. The molecule has 0 aliphatic heterocycles. The van der Waals surface area contributed by atoms with Crippen molar-refractivity contribution in [1.82, 2.24) is 0 Å². The average Bonchev–Trinajstić information content (AvgIpc) is 2.08. The van der Waals surface area contributed by atoms with Gasteiger partial charge < -0.3 is 20.3 Å². The van der Waals surface area contributed by atoms with E-state index in [0.29, 0.717) is 0 Å². The number of unbranched alkanes of at least 4 members (excludes halogenated alkanes) is 4. The standard InChI is InChI=1S/C7H15.2C3H7.Zn/c1-3-5-7-6-4-2;2*1-3-2;/h5H,3-4,6-7H2,1-2H3;2*1,3H2,2H3;/q3*-1;. The number of hydrogen-bond donors (Lipinski definition) is 0. The first-order valence-electron chi connectivity index (χ1n) is 5.64. The Morgan fingerprint density at radius 1 is 0.929 bits per heavy atom. The summed E-state index contributed by atoms with van der Waals surface area (Å²) in [5.41, 5.74) is 0. The predicted molar refractivity (Wildman–Crippen MR) is 65.4 cm³/mol. The Labute approximate surface area is 106 Å². The van der Waals surface area contributed by atoms with Crippen LogP contribution in [0, 0.1) is 20.3 Å². The van der Waals surface area contributed by atoms with Gasteiger partial charge in [0.05, 0.1) is 0 Å². The summed E-state index contributed by atoms with van der Waals surface area (Å²) in [5, 5.41) is 0. The van der Waals surface area contributed by atoms with Gasteiger partial charge in [0.25, 0.3) is 0 Å². The van der Waals surface area contributed by atoms with E-state index in [1.165, 1.54) is 25.7 Å². The largest absolute Gasteiger partial charge is 0.344 e. The second-order valence-electron chi connectivity index (χ2n) is 2.84. The minimum absolute atomic E-state index is 0. The van der Waals surface area contributed by atoms with E-state index in [9.17, 15) is 0 Å². The van der Waals surface area contributed by atoms with E-state index in [0.717, 1.165) is 12.8 Å². The van der Waals surface area contributed by atoms with Crippen LogP contribution in [0.15, 0.2) is 0 Å². The molecule has 0 rings (SSSR count). The van der Waals surface area contributed by atoms with Gasteiger partial charge in [-0.25, -0.2) is 0 Å². The van der Waals surface area contributed by atoms with Crippen LogP contribution in [0.1, 0.15) is 66.2 Å². The minimum Gasteiger partial charge on any atom is -0.344 e. The van der Waals surface area contributed by atoms with Crippen molar-refractivity contribution in [3.05, 3.63) is 20.3 Å². The zero-order valence-corrected chi connectivity index (χ0v) is 13.9. The fourth-order valence-corrected chi connectivity index (χ4v) is 0.553. The molecular weight excluding hydrogens is 222 g/mol. The molecule has 0 spiro atoms. The molecule has 0 radical (unpaired) electrons. The van der Waals surface area contributed by atoms with Gasteiger partial charge >= 0.3 is 0 Å². The molecule has 0 nitrogen and oxygen atoms in total. The minimum atomic E-state index is 0. The fourth-order valence-electron chi connectivity index (χ4n) is 0.553. The average molecular weight is 251 g/mol. The summed E-state index contributed by atoms with van der Waals surface area (Å²) in [7, 11) is 0. The Morgan fingerprint density at radius 2 is 1.29 bits per heavy atom. The Hall–Kier alpha value is 0.623. The molecule has 1 heteroatoms. The summed E-state index contributed by atoms with van der Waals surface area (Å²) in [4.78, 5) is 0. The summed E-state index contributed by atoms with van der Waals surface area (Å²) in [6.07, 6.45) is 9.58. The van der Waals surface area contributed by atoms with Crippen molar-refractivity contribution in [1.29, 1.82) is 0 Å². The van der Waals surface area contributed by atoms with Crippen LogP contribution >= 0.6 is 0 Å². The van der Waals surface area contributed by atoms with Crippen LogP contribution in [-0.2, 0) is 19.5 Å². The van der Waals surface area contributed by atoms with Crippen molar-refractivity contribution >= 4 is 0 Å². The van der Waals surface area contributed by atoms with Crippen LogP contribution in [0.3, 0.4) is 0 Å². The molecule has 0 fully saturated rings. The van der Waals surface area contributed by atoms with Crippen LogP contribution in [0.4, 0.5) is 0 Å². The van der Waals surface area contributed by atoms with E-state index >= 15 is 0 Å². The molecule has 0 saturated carbocycles. The topological polar surface area (TPSA) is 0 Å². The first-order valence-corrected chi connectivity index (χ1v) is 5.64. The maximum absolute atomic E-state index is 3.49. The van der Waals surface area contributed by atoms with Crippen LogP contribution < -0.4 is 0 Å². The molecule has 0 aromatic rings. The first-order chi connectivity index (χ1) is 6.24. The van der Waals surface area contributed by atoms with Crippen molar-refractivity contribution in [2.24, 2.45) is 0 Å². The van der Waals surface area contributed by atoms with Crippen molar-refractivity contribution in [2.75, 3.05) is 0 Å². The maximum atomic E-state index is 3.49. The molecule has 0 N–H and O–H groups in total.